The van der Waals surface area contributed by atoms with Crippen LogP contribution in [0.15, 0.2) is 29.6 Å². The summed E-state index contributed by atoms with van der Waals surface area (Å²) in [6.07, 6.45) is 0.155. The maximum atomic E-state index is 6.11. The quantitative estimate of drug-likeness (QED) is 0.903. The predicted octanol–water partition coefficient (Wildman–Crippen LogP) is 2.37. The van der Waals surface area contributed by atoms with Crippen LogP contribution in [0.3, 0.4) is 0 Å². The fourth-order valence-electron chi connectivity index (χ4n) is 1.53. The van der Waals surface area contributed by atoms with Crippen LogP contribution in [0.25, 0.3) is 0 Å². The van der Waals surface area contributed by atoms with Crippen LogP contribution in [0.1, 0.15) is 31.1 Å². The molecule has 1 heterocycles. The highest BCUT2D eigenvalue weighted by Gasteiger charge is 2.12. The zero-order valence-corrected chi connectivity index (χ0v) is 10.6. The Morgan fingerprint density at radius 3 is 2.82 bits per heavy atom. The summed E-state index contributed by atoms with van der Waals surface area (Å²) in [5.74, 6) is 0.830. The van der Waals surface area contributed by atoms with Gasteiger partial charge in [-0.25, -0.2) is 0 Å². The van der Waals surface area contributed by atoms with Gasteiger partial charge in [0.05, 0.1) is 17.8 Å². The van der Waals surface area contributed by atoms with Gasteiger partial charge in [0.1, 0.15) is 5.75 Å². The number of rotatable bonds is 4. The second kappa shape index (κ2) is 5.25. The minimum atomic E-state index is -0.246. The van der Waals surface area contributed by atoms with Gasteiger partial charge in [0.2, 0.25) is 0 Å². The summed E-state index contributed by atoms with van der Waals surface area (Å²) < 4.78 is 9.45. The Morgan fingerprint density at radius 2 is 2.18 bits per heavy atom. The highest BCUT2D eigenvalue weighted by molar-refractivity contribution is 7.03. The number of ether oxygens (including phenoxy) is 1. The molecule has 0 bridgehead atoms. The second-order valence-corrected chi connectivity index (χ2v) is 4.66. The van der Waals surface area contributed by atoms with Gasteiger partial charge in [0, 0.05) is 5.38 Å². The van der Waals surface area contributed by atoms with Crippen molar-refractivity contribution in [2.24, 2.45) is 5.73 Å². The van der Waals surface area contributed by atoms with Crippen molar-refractivity contribution in [1.29, 1.82) is 0 Å². The van der Waals surface area contributed by atoms with Crippen LogP contribution in [0.4, 0.5) is 0 Å². The van der Waals surface area contributed by atoms with Gasteiger partial charge in [0.15, 0.2) is 0 Å². The van der Waals surface area contributed by atoms with E-state index in [4.69, 9.17) is 10.5 Å². The molecule has 0 amide bonds. The van der Waals surface area contributed by atoms with Gasteiger partial charge < -0.3 is 10.5 Å². The van der Waals surface area contributed by atoms with E-state index in [-0.39, 0.29) is 12.1 Å². The molecule has 17 heavy (non-hydrogen) atoms. The van der Waals surface area contributed by atoms with Crippen LogP contribution in [0.2, 0.25) is 0 Å². The Morgan fingerprint density at radius 1 is 1.35 bits per heavy atom. The SMILES string of the molecule is CC(C)Oc1cccc(C(N)c2csnn2)c1. The Balaban J connectivity index is 2.21. The van der Waals surface area contributed by atoms with E-state index in [1.165, 1.54) is 11.5 Å². The Kier molecular flexibility index (Phi) is 3.71. The number of hydrogen-bond acceptors (Lipinski definition) is 5. The minimum Gasteiger partial charge on any atom is -0.491 e. The van der Waals surface area contributed by atoms with Gasteiger partial charge in [-0.05, 0) is 43.1 Å². The van der Waals surface area contributed by atoms with Crippen LogP contribution in [-0.4, -0.2) is 15.7 Å². The predicted molar refractivity (Wildman–Crippen MR) is 68.1 cm³/mol. The zero-order chi connectivity index (χ0) is 12.3. The van der Waals surface area contributed by atoms with E-state index in [0.29, 0.717) is 0 Å². The van der Waals surface area contributed by atoms with Crippen LogP contribution >= 0.6 is 11.5 Å². The van der Waals surface area contributed by atoms with Crippen LogP contribution in [-0.2, 0) is 0 Å². The monoisotopic (exact) mass is 249 g/mol. The first-order valence-corrected chi connectivity index (χ1v) is 6.29. The van der Waals surface area contributed by atoms with Crippen molar-refractivity contribution in [1.82, 2.24) is 9.59 Å². The first-order chi connectivity index (χ1) is 8.16. The molecular weight excluding hydrogens is 234 g/mol. The highest BCUT2D eigenvalue weighted by atomic mass is 32.1. The smallest absolute Gasteiger partial charge is 0.120 e. The molecule has 0 aliphatic heterocycles. The third-order valence-corrected chi connectivity index (χ3v) is 2.81. The lowest BCUT2D eigenvalue weighted by atomic mass is 10.1. The molecule has 0 saturated carbocycles. The normalized spacial score (nSPS) is 12.7. The van der Waals surface area contributed by atoms with Crippen molar-refractivity contribution in [3.8, 4) is 5.75 Å². The molecule has 90 valence electrons. The van der Waals surface area contributed by atoms with Crippen molar-refractivity contribution in [3.63, 3.8) is 0 Å². The van der Waals surface area contributed by atoms with Gasteiger partial charge in [-0.2, -0.15) is 0 Å². The largest absolute Gasteiger partial charge is 0.491 e. The first kappa shape index (κ1) is 12.0. The Bertz CT molecular complexity index is 470. The lowest BCUT2D eigenvalue weighted by Gasteiger charge is -2.13. The summed E-state index contributed by atoms with van der Waals surface area (Å²) in [6.45, 7) is 3.99. The molecular formula is C12H15N3OS. The van der Waals surface area contributed by atoms with Crippen LogP contribution < -0.4 is 10.5 Å². The fourth-order valence-corrected chi connectivity index (χ4v) is 2.02. The number of hydrogen-bond donors (Lipinski definition) is 1. The van der Waals surface area contributed by atoms with Crippen molar-refractivity contribution < 1.29 is 4.74 Å². The molecule has 4 nitrogen and oxygen atoms in total. The third-order valence-electron chi connectivity index (χ3n) is 2.28. The molecule has 0 radical (unpaired) electrons. The van der Waals surface area contributed by atoms with Crippen molar-refractivity contribution in [2.75, 3.05) is 0 Å². The maximum absolute atomic E-state index is 6.11. The van der Waals surface area contributed by atoms with Gasteiger partial charge in [-0.15, -0.1) is 5.10 Å². The Labute approximate surface area is 105 Å². The molecule has 1 aromatic heterocycles. The molecule has 1 aromatic carbocycles. The van der Waals surface area contributed by atoms with Crippen LogP contribution in [0.5, 0.6) is 5.75 Å². The summed E-state index contributed by atoms with van der Waals surface area (Å²) in [4.78, 5) is 0. The number of nitrogens with two attached hydrogens (primary N) is 1. The van der Waals surface area contributed by atoms with Crippen LogP contribution in [0, 0.1) is 0 Å². The summed E-state index contributed by atoms with van der Waals surface area (Å²) >= 11 is 1.31. The zero-order valence-electron chi connectivity index (χ0n) is 9.83. The molecule has 0 saturated heterocycles. The summed E-state index contributed by atoms with van der Waals surface area (Å²) in [5.41, 5.74) is 7.88. The highest BCUT2D eigenvalue weighted by Crippen LogP contribution is 2.23. The number of aromatic nitrogens is 2. The van der Waals surface area contributed by atoms with E-state index in [1.807, 2.05) is 43.5 Å². The standard InChI is InChI=1S/C12H15N3OS/c1-8(2)16-10-5-3-4-9(6-10)12(13)11-7-17-15-14-11/h3-8,12H,13H2,1-2H3. The third kappa shape index (κ3) is 3.01. The molecule has 1 unspecified atom stereocenters. The van der Waals surface area contributed by atoms with E-state index in [1.54, 1.807) is 0 Å². The van der Waals surface area contributed by atoms with Crippen molar-refractivity contribution >= 4 is 11.5 Å². The van der Waals surface area contributed by atoms with Crippen molar-refractivity contribution in [2.45, 2.75) is 26.0 Å². The molecule has 1 atom stereocenters. The minimum absolute atomic E-state index is 0.155. The van der Waals surface area contributed by atoms with E-state index in [9.17, 15) is 0 Å². The van der Waals surface area contributed by atoms with E-state index in [2.05, 4.69) is 9.59 Å². The molecule has 5 heteroatoms. The molecule has 2 rings (SSSR count). The van der Waals surface area contributed by atoms with Gasteiger partial charge >= 0.3 is 0 Å². The first-order valence-electron chi connectivity index (χ1n) is 5.46. The molecule has 0 aliphatic rings. The topological polar surface area (TPSA) is 61.0 Å². The fraction of sp³-hybridized carbons (Fsp3) is 0.333. The number of nitrogens with zero attached hydrogens (tertiary/aromatic N) is 2. The molecule has 0 spiro atoms. The van der Waals surface area contributed by atoms with E-state index < -0.39 is 0 Å². The summed E-state index contributed by atoms with van der Waals surface area (Å²) in [6, 6.07) is 7.54. The Hall–Kier alpha value is -1.46. The van der Waals surface area contributed by atoms with Gasteiger partial charge in [-0.3, -0.25) is 0 Å². The average molecular weight is 249 g/mol. The molecule has 2 N–H and O–H groups in total. The maximum Gasteiger partial charge on any atom is 0.120 e. The van der Waals surface area contributed by atoms with Gasteiger partial charge in [0.25, 0.3) is 0 Å². The lowest BCUT2D eigenvalue weighted by molar-refractivity contribution is 0.242. The number of benzene rings is 1. The summed E-state index contributed by atoms with van der Waals surface area (Å²) in [7, 11) is 0. The molecule has 0 aliphatic carbocycles. The van der Waals surface area contributed by atoms with E-state index in [0.717, 1.165) is 17.0 Å². The van der Waals surface area contributed by atoms with E-state index >= 15 is 0 Å². The van der Waals surface area contributed by atoms with Crippen molar-refractivity contribution in [3.05, 3.63) is 40.9 Å². The second-order valence-electron chi connectivity index (χ2n) is 4.05. The molecule has 2 aromatic rings. The lowest BCUT2D eigenvalue weighted by Crippen LogP contribution is -2.13. The van der Waals surface area contributed by atoms with Gasteiger partial charge in [-0.1, -0.05) is 16.6 Å². The average Bonchev–Trinajstić information content (AvgIpc) is 2.81. The summed E-state index contributed by atoms with van der Waals surface area (Å²) in [5, 5.41) is 5.85. The molecule has 0 fully saturated rings.